The molecule has 0 N–H and O–H groups in total. The first-order chi connectivity index (χ1) is 7.72. The third-order valence-electron chi connectivity index (χ3n) is 2.56. The van der Waals surface area contributed by atoms with Crippen LogP contribution in [0.2, 0.25) is 0 Å². The molecule has 0 saturated heterocycles. The van der Waals surface area contributed by atoms with Gasteiger partial charge in [-0.15, -0.1) is 11.3 Å². The molecule has 2 rings (SSSR count). The number of thioether (sulfide) groups is 1. The van der Waals surface area contributed by atoms with E-state index in [1.54, 1.807) is 18.3 Å². The van der Waals surface area contributed by atoms with E-state index in [0.717, 1.165) is 21.3 Å². The maximum atomic E-state index is 11.5. The minimum Gasteiger partial charge on any atom is -0.294 e. The van der Waals surface area contributed by atoms with E-state index in [2.05, 4.69) is 11.9 Å². The van der Waals surface area contributed by atoms with Crippen molar-refractivity contribution in [3.63, 3.8) is 0 Å². The topological polar surface area (TPSA) is 30.0 Å². The molecule has 0 spiro atoms. The smallest absolute Gasteiger partial charge is 0.171 e. The summed E-state index contributed by atoms with van der Waals surface area (Å²) in [7, 11) is 0. The SMILES string of the molecule is CCCSCc1nc(C2CC2)c(C(C)=O)s1. The molecule has 2 nitrogen and oxygen atoms in total. The lowest BCUT2D eigenvalue weighted by atomic mass is 10.2. The van der Waals surface area contributed by atoms with Gasteiger partial charge in [-0.1, -0.05) is 6.92 Å². The van der Waals surface area contributed by atoms with Gasteiger partial charge in [0.2, 0.25) is 0 Å². The van der Waals surface area contributed by atoms with Crippen molar-refractivity contribution >= 4 is 28.9 Å². The molecular weight excluding hydrogens is 238 g/mol. The van der Waals surface area contributed by atoms with E-state index < -0.39 is 0 Å². The van der Waals surface area contributed by atoms with E-state index >= 15 is 0 Å². The minimum absolute atomic E-state index is 0.186. The first kappa shape index (κ1) is 12.1. The lowest BCUT2D eigenvalue weighted by Gasteiger charge is -1.94. The Hall–Kier alpha value is -0.350. The van der Waals surface area contributed by atoms with Crippen molar-refractivity contribution in [1.82, 2.24) is 4.98 Å². The average molecular weight is 255 g/mol. The van der Waals surface area contributed by atoms with Gasteiger partial charge in [0, 0.05) is 18.6 Å². The van der Waals surface area contributed by atoms with Crippen molar-refractivity contribution in [2.24, 2.45) is 0 Å². The molecule has 0 atom stereocenters. The van der Waals surface area contributed by atoms with E-state index in [0.29, 0.717) is 5.92 Å². The van der Waals surface area contributed by atoms with Crippen LogP contribution in [-0.4, -0.2) is 16.5 Å². The third kappa shape index (κ3) is 2.86. The summed E-state index contributed by atoms with van der Waals surface area (Å²) in [5.74, 6) is 2.91. The fraction of sp³-hybridized carbons (Fsp3) is 0.667. The van der Waals surface area contributed by atoms with Crippen LogP contribution in [0.15, 0.2) is 0 Å². The summed E-state index contributed by atoms with van der Waals surface area (Å²) in [6, 6.07) is 0. The van der Waals surface area contributed by atoms with Crippen LogP contribution >= 0.6 is 23.1 Å². The molecule has 0 radical (unpaired) electrons. The van der Waals surface area contributed by atoms with Crippen LogP contribution in [0.1, 0.15) is 59.4 Å². The first-order valence-electron chi connectivity index (χ1n) is 5.80. The molecule has 1 heterocycles. The van der Waals surface area contributed by atoms with Gasteiger partial charge in [-0.2, -0.15) is 11.8 Å². The second-order valence-corrected chi connectivity index (χ2v) is 6.39. The van der Waals surface area contributed by atoms with E-state index in [1.165, 1.54) is 25.0 Å². The molecule has 0 unspecified atom stereocenters. The van der Waals surface area contributed by atoms with E-state index in [1.807, 2.05) is 11.8 Å². The van der Waals surface area contributed by atoms with E-state index in [9.17, 15) is 4.79 Å². The predicted octanol–water partition coefficient (Wildman–Crippen LogP) is 3.87. The molecule has 1 fully saturated rings. The van der Waals surface area contributed by atoms with Gasteiger partial charge < -0.3 is 0 Å². The number of carbonyl (C=O) groups excluding carboxylic acids is 1. The molecular formula is C12H17NOS2. The Balaban J connectivity index is 2.08. The highest BCUT2D eigenvalue weighted by Gasteiger charge is 2.30. The molecule has 1 aromatic heterocycles. The molecule has 0 aromatic carbocycles. The third-order valence-corrected chi connectivity index (χ3v) is 5.08. The highest BCUT2D eigenvalue weighted by atomic mass is 32.2. The van der Waals surface area contributed by atoms with Crippen LogP contribution in [-0.2, 0) is 5.75 Å². The summed E-state index contributed by atoms with van der Waals surface area (Å²) >= 11 is 3.51. The van der Waals surface area contributed by atoms with Crippen LogP contribution in [0.4, 0.5) is 0 Å². The molecule has 88 valence electrons. The van der Waals surface area contributed by atoms with Crippen LogP contribution in [0.25, 0.3) is 0 Å². The van der Waals surface area contributed by atoms with Gasteiger partial charge in [0.1, 0.15) is 5.01 Å². The summed E-state index contributed by atoms with van der Waals surface area (Å²) < 4.78 is 0. The van der Waals surface area contributed by atoms with Crippen molar-refractivity contribution < 1.29 is 4.79 Å². The second-order valence-electron chi connectivity index (χ2n) is 4.21. The summed E-state index contributed by atoms with van der Waals surface area (Å²) in [5, 5.41) is 1.13. The molecule has 0 bridgehead atoms. The number of nitrogens with zero attached hydrogens (tertiary/aromatic N) is 1. The van der Waals surface area contributed by atoms with Crippen molar-refractivity contribution in [3.05, 3.63) is 15.6 Å². The normalized spacial score (nSPS) is 15.4. The van der Waals surface area contributed by atoms with Crippen LogP contribution in [0, 0.1) is 0 Å². The lowest BCUT2D eigenvalue weighted by Crippen LogP contribution is -1.93. The van der Waals surface area contributed by atoms with Gasteiger partial charge in [-0.25, -0.2) is 4.98 Å². The summed E-state index contributed by atoms with van der Waals surface area (Å²) in [6.45, 7) is 3.84. The molecule has 0 aliphatic heterocycles. The predicted molar refractivity (Wildman–Crippen MR) is 70.5 cm³/mol. The van der Waals surface area contributed by atoms with Gasteiger partial charge in [0.25, 0.3) is 0 Å². The van der Waals surface area contributed by atoms with Crippen molar-refractivity contribution in [2.45, 2.75) is 44.8 Å². The largest absolute Gasteiger partial charge is 0.294 e. The highest BCUT2D eigenvalue weighted by Crippen LogP contribution is 2.43. The highest BCUT2D eigenvalue weighted by molar-refractivity contribution is 7.98. The second kappa shape index (κ2) is 5.32. The number of thiazole rings is 1. The quantitative estimate of drug-likeness (QED) is 0.571. The summed E-state index contributed by atoms with van der Waals surface area (Å²) in [5.41, 5.74) is 1.09. The zero-order valence-electron chi connectivity index (χ0n) is 9.78. The van der Waals surface area contributed by atoms with Gasteiger partial charge >= 0.3 is 0 Å². The minimum atomic E-state index is 0.186. The molecule has 4 heteroatoms. The molecule has 1 aliphatic rings. The standard InChI is InChI=1S/C12H17NOS2/c1-3-6-15-7-10-13-11(9-4-5-9)12(16-10)8(2)14/h9H,3-7H2,1-2H3. The monoisotopic (exact) mass is 255 g/mol. The van der Waals surface area contributed by atoms with Gasteiger partial charge in [0.05, 0.1) is 10.6 Å². The number of aromatic nitrogens is 1. The van der Waals surface area contributed by atoms with Crippen LogP contribution < -0.4 is 0 Å². The van der Waals surface area contributed by atoms with Crippen molar-refractivity contribution in [3.8, 4) is 0 Å². The Bertz CT molecular complexity index is 382. The molecule has 0 amide bonds. The Morgan fingerprint density at radius 3 is 2.88 bits per heavy atom. The molecule has 16 heavy (non-hydrogen) atoms. The molecule has 1 aliphatic carbocycles. The van der Waals surface area contributed by atoms with E-state index in [-0.39, 0.29) is 5.78 Å². The Labute approximate surface area is 105 Å². The maximum Gasteiger partial charge on any atom is 0.171 e. The number of rotatable bonds is 6. The van der Waals surface area contributed by atoms with Crippen LogP contribution in [0.5, 0.6) is 0 Å². The summed E-state index contributed by atoms with van der Waals surface area (Å²) in [4.78, 5) is 17.1. The summed E-state index contributed by atoms with van der Waals surface area (Å²) in [6.07, 6.45) is 3.63. The molecule has 1 saturated carbocycles. The zero-order chi connectivity index (χ0) is 11.5. The van der Waals surface area contributed by atoms with E-state index in [4.69, 9.17) is 0 Å². The first-order valence-corrected chi connectivity index (χ1v) is 7.77. The Kier molecular flexibility index (Phi) is 4.03. The number of ketones is 1. The number of hydrogen-bond acceptors (Lipinski definition) is 4. The average Bonchev–Trinajstić information content (AvgIpc) is 3.00. The fourth-order valence-electron chi connectivity index (χ4n) is 1.63. The fourth-order valence-corrected chi connectivity index (χ4v) is 3.63. The van der Waals surface area contributed by atoms with Crippen LogP contribution in [0.3, 0.4) is 0 Å². The maximum absolute atomic E-state index is 11.5. The molecule has 1 aromatic rings. The Morgan fingerprint density at radius 2 is 2.31 bits per heavy atom. The zero-order valence-corrected chi connectivity index (χ0v) is 11.4. The van der Waals surface area contributed by atoms with Gasteiger partial charge in [-0.05, 0) is 25.0 Å². The van der Waals surface area contributed by atoms with Crippen molar-refractivity contribution in [2.75, 3.05) is 5.75 Å². The number of carbonyl (C=O) groups is 1. The number of hydrogen-bond donors (Lipinski definition) is 0. The lowest BCUT2D eigenvalue weighted by molar-refractivity contribution is 0.102. The Morgan fingerprint density at radius 1 is 1.56 bits per heavy atom. The van der Waals surface area contributed by atoms with Gasteiger partial charge in [-0.3, -0.25) is 4.79 Å². The number of Topliss-reactive ketones (excluding diaryl/α,β-unsaturated/α-hetero) is 1. The van der Waals surface area contributed by atoms with Crippen molar-refractivity contribution in [1.29, 1.82) is 0 Å². The van der Waals surface area contributed by atoms with Gasteiger partial charge in [0.15, 0.2) is 5.78 Å².